The SMILES string of the molecule is COc1ccc(C(=O)NCc2nnc(SCC(=O)Nc3ccc(C)cc3C)n2-c2ccc(OC)cc2)cc1. The summed E-state index contributed by atoms with van der Waals surface area (Å²) < 4.78 is 12.3. The molecule has 0 fully saturated rings. The number of ether oxygens (including phenoxy) is 2. The number of thioether (sulfide) groups is 1. The number of amides is 2. The summed E-state index contributed by atoms with van der Waals surface area (Å²) in [4.78, 5) is 25.4. The summed E-state index contributed by atoms with van der Waals surface area (Å²) in [5.74, 6) is 1.64. The van der Waals surface area contributed by atoms with E-state index in [-0.39, 0.29) is 24.1 Å². The quantitative estimate of drug-likeness (QED) is 0.289. The number of carbonyl (C=O) groups excluding carboxylic acids is 2. The van der Waals surface area contributed by atoms with E-state index in [2.05, 4.69) is 20.8 Å². The number of anilines is 1. The highest BCUT2D eigenvalue weighted by Gasteiger charge is 2.18. The number of benzene rings is 3. The van der Waals surface area contributed by atoms with Crippen LogP contribution in [0.5, 0.6) is 11.5 Å². The van der Waals surface area contributed by atoms with Crippen LogP contribution < -0.4 is 20.1 Å². The lowest BCUT2D eigenvalue weighted by molar-refractivity contribution is -0.113. The lowest BCUT2D eigenvalue weighted by Crippen LogP contribution is -2.24. The van der Waals surface area contributed by atoms with Gasteiger partial charge in [0.15, 0.2) is 11.0 Å². The first kappa shape index (κ1) is 26.7. The van der Waals surface area contributed by atoms with Crippen LogP contribution in [-0.4, -0.2) is 46.6 Å². The van der Waals surface area contributed by atoms with Crippen molar-refractivity contribution in [2.24, 2.45) is 0 Å². The van der Waals surface area contributed by atoms with Crippen molar-refractivity contribution in [3.63, 3.8) is 0 Å². The Kier molecular flexibility index (Phi) is 8.65. The van der Waals surface area contributed by atoms with Crippen LogP contribution in [0.15, 0.2) is 71.9 Å². The second-order valence-electron chi connectivity index (χ2n) is 8.50. The fraction of sp³-hybridized carbons (Fsp3) is 0.214. The van der Waals surface area contributed by atoms with Crippen LogP contribution in [0.4, 0.5) is 5.69 Å². The van der Waals surface area contributed by atoms with E-state index in [4.69, 9.17) is 9.47 Å². The van der Waals surface area contributed by atoms with Crippen molar-refractivity contribution in [1.82, 2.24) is 20.1 Å². The topological polar surface area (TPSA) is 107 Å². The van der Waals surface area contributed by atoms with Gasteiger partial charge in [-0.15, -0.1) is 10.2 Å². The standard InChI is InChI=1S/C28H29N5O4S/c1-18-5-14-24(19(2)15-18)30-26(34)17-38-28-32-31-25(33(28)21-8-12-23(37-4)13-9-21)16-29-27(35)20-6-10-22(36-3)11-7-20/h5-15H,16-17H2,1-4H3,(H,29,35)(H,30,34). The number of carbonyl (C=O) groups is 2. The number of methoxy groups -OCH3 is 2. The van der Waals surface area contributed by atoms with Crippen LogP contribution in [0.3, 0.4) is 0 Å². The first-order valence-electron chi connectivity index (χ1n) is 11.9. The van der Waals surface area contributed by atoms with Crippen molar-refractivity contribution in [1.29, 1.82) is 0 Å². The van der Waals surface area contributed by atoms with Crippen LogP contribution >= 0.6 is 11.8 Å². The number of nitrogens with one attached hydrogen (secondary N) is 2. The molecule has 4 aromatic rings. The Bertz CT molecular complexity index is 1420. The lowest BCUT2D eigenvalue weighted by Gasteiger charge is -2.12. The van der Waals surface area contributed by atoms with Crippen molar-refractivity contribution < 1.29 is 19.1 Å². The Morgan fingerprint density at radius 1 is 0.895 bits per heavy atom. The second-order valence-corrected chi connectivity index (χ2v) is 9.44. The van der Waals surface area contributed by atoms with Gasteiger partial charge in [-0.2, -0.15) is 0 Å². The Labute approximate surface area is 225 Å². The minimum absolute atomic E-state index is 0.138. The third kappa shape index (κ3) is 6.51. The largest absolute Gasteiger partial charge is 0.497 e. The first-order chi connectivity index (χ1) is 18.4. The molecule has 0 saturated heterocycles. The van der Waals surface area contributed by atoms with Gasteiger partial charge in [0, 0.05) is 16.9 Å². The number of aryl methyl sites for hydroxylation is 2. The predicted molar refractivity (Wildman–Crippen MR) is 147 cm³/mol. The molecule has 0 bridgehead atoms. The molecule has 0 atom stereocenters. The highest BCUT2D eigenvalue weighted by Crippen LogP contribution is 2.25. The summed E-state index contributed by atoms with van der Waals surface area (Å²) in [6.45, 7) is 4.11. The molecule has 1 heterocycles. The molecule has 9 nitrogen and oxygen atoms in total. The summed E-state index contributed by atoms with van der Waals surface area (Å²) in [6, 6.07) is 20.1. The maximum absolute atomic E-state index is 12.7. The molecule has 0 spiro atoms. The summed E-state index contributed by atoms with van der Waals surface area (Å²) in [5, 5.41) is 15.0. The average molecular weight is 532 g/mol. The summed E-state index contributed by atoms with van der Waals surface area (Å²) >= 11 is 1.26. The minimum atomic E-state index is -0.251. The van der Waals surface area contributed by atoms with E-state index >= 15 is 0 Å². The van der Waals surface area contributed by atoms with Crippen molar-refractivity contribution >= 4 is 29.3 Å². The van der Waals surface area contributed by atoms with Gasteiger partial charge in [0.2, 0.25) is 5.91 Å². The van der Waals surface area contributed by atoms with Gasteiger partial charge in [-0.3, -0.25) is 14.2 Å². The van der Waals surface area contributed by atoms with Gasteiger partial charge in [-0.1, -0.05) is 29.5 Å². The summed E-state index contributed by atoms with van der Waals surface area (Å²) in [7, 11) is 3.17. The number of hydrogen-bond donors (Lipinski definition) is 2. The van der Waals surface area contributed by atoms with Gasteiger partial charge in [-0.05, 0) is 74.0 Å². The number of hydrogen-bond acceptors (Lipinski definition) is 7. The molecule has 0 aliphatic rings. The molecule has 0 aliphatic heterocycles. The fourth-order valence-corrected chi connectivity index (χ4v) is 4.54. The van der Waals surface area contributed by atoms with Crippen LogP contribution in [0.2, 0.25) is 0 Å². The van der Waals surface area contributed by atoms with Crippen molar-refractivity contribution in [3.05, 3.63) is 89.2 Å². The Morgan fingerprint density at radius 2 is 1.55 bits per heavy atom. The van der Waals surface area contributed by atoms with E-state index in [0.29, 0.717) is 28.0 Å². The van der Waals surface area contributed by atoms with E-state index in [1.807, 2.05) is 60.9 Å². The van der Waals surface area contributed by atoms with Crippen LogP contribution in [0.1, 0.15) is 27.3 Å². The second kappa shape index (κ2) is 12.3. The van der Waals surface area contributed by atoms with Gasteiger partial charge in [-0.25, -0.2) is 0 Å². The molecule has 10 heteroatoms. The molecular formula is C28H29N5O4S. The van der Waals surface area contributed by atoms with Gasteiger partial charge >= 0.3 is 0 Å². The molecule has 4 rings (SSSR count). The van der Waals surface area contributed by atoms with E-state index in [9.17, 15) is 9.59 Å². The van der Waals surface area contributed by atoms with Gasteiger partial charge in [0.25, 0.3) is 5.91 Å². The van der Waals surface area contributed by atoms with Crippen molar-refractivity contribution in [2.75, 3.05) is 25.3 Å². The highest BCUT2D eigenvalue weighted by atomic mass is 32.2. The Hall–Kier alpha value is -4.31. The average Bonchev–Trinajstić information content (AvgIpc) is 3.35. The molecule has 3 aromatic carbocycles. The van der Waals surface area contributed by atoms with Crippen molar-refractivity contribution in [3.8, 4) is 17.2 Å². The van der Waals surface area contributed by atoms with Crippen LogP contribution in [-0.2, 0) is 11.3 Å². The molecule has 0 unspecified atom stereocenters. The molecule has 0 saturated carbocycles. The van der Waals surface area contributed by atoms with Gasteiger partial charge in [0.05, 0.1) is 26.5 Å². The van der Waals surface area contributed by atoms with E-state index in [1.54, 1.807) is 38.5 Å². The normalized spacial score (nSPS) is 10.6. The van der Waals surface area contributed by atoms with E-state index in [0.717, 1.165) is 22.5 Å². The highest BCUT2D eigenvalue weighted by molar-refractivity contribution is 7.99. The molecule has 2 amide bonds. The zero-order valence-electron chi connectivity index (χ0n) is 21.6. The molecule has 196 valence electrons. The van der Waals surface area contributed by atoms with Crippen LogP contribution in [0.25, 0.3) is 5.69 Å². The number of aromatic nitrogens is 3. The fourth-order valence-electron chi connectivity index (χ4n) is 3.77. The molecule has 0 aliphatic carbocycles. The smallest absolute Gasteiger partial charge is 0.251 e. The van der Waals surface area contributed by atoms with Gasteiger partial charge in [0.1, 0.15) is 11.5 Å². The minimum Gasteiger partial charge on any atom is -0.497 e. The Balaban J connectivity index is 1.50. The number of rotatable bonds is 10. The van der Waals surface area contributed by atoms with E-state index in [1.165, 1.54) is 11.8 Å². The zero-order valence-corrected chi connectivity index (χ0v) is 22.5. The summed E-state index contributed by atoms with van der Waals surface area (Å²) in [6.07, 6.45) is 0. The maximum Gasteiger partial charge on any atom is 0.251 e. The first-order valence-corrected chi connectivity index (χ1v) is 12.9. The Morgan fingerprint density at radius 3 is 2.18 bits per heavy atom. The summed E-state index contributed by atoms with van der Waals surface area (Å²) in [5.41, 5.74) is 4.19. The molecule has 38 heavy (non-hydrogen) atoms. The zero-order chi connectivity index (χ0) is 27.1. The lowest BCUT2D eigenvalue weighted by atomic mass is 10.1. The van der Waals surface area contributed by atoms with Crippen molar-refractivity contribution in [2.45, 2.75) is 25.5 Å². The van der Waals surface area contributed by atoms with E-state index < -0.39 is 0 Å². The molecule has 2 N–H and O–H groups in total. The predicted octanol–water partition coefficient (Wildman–Crippen LogP) is 4.56. The molecule has 1 aromatic heterocycles. The maximum atomic E-state index is 12.7. The number of nitrogens with zero attached hydrogens (tertiary/aromatic N) is 3. The van der Waals surface area contributed by atoms with Gasteiger partial charge < -0.3 is 20.1 Å². The van der Waals surface area contributed by atoms with Crippen LogP contribution in [0, 0.1) is 13.8 Å². The molecule has 0 radical (unpaired) electrons. The molecular weight excluding hydrogens is 502 g/mol. The third-order valence-electron chi connectivity index (χ3n) is 5.78. The third-order valence-corrected chi connectivity index (χ3v) is 6.71. The monoisotopic (exact) mass is 531 g/mol.